The van der Waals surface area contributed by atoms with Gasteiger partial charge in [0.05, 0.1) is 6.73 Å². The van der Waals surface area contributed by atoms with Crippen molar-refractivity contribution >= 4 is 15.9 Å². The van der Waals surface area contributed by atoms with E-state index in [1.54, 1.807) is 7.11 Å². The molecule has 0 aromatic heterocycles. The smallest absolute Gasteiger partial charge is 0.0964 e. The Bertz CT molecular complexity index is 222. The van der Waals surface area contributed by atoms with Gasteiger partial charge in [-0.25, -0.2) is 0 Å². The summed E-state index contributed by atoms with van der Waals surface area (Å²) in [6.07, 6.45) is 0. The molecule has 0 bridgehead atoms. The molecule has 0 aliphatic heterocycles. The largest absolute Gasteiger partial charge is 0.370 e. The van der Waals surface area contributed by atoms with Crippen molar-refractivity contribution in [3.05, 3.63) is 34.3 Å². The number of ether oxygens (including phenoxy) is 1. The lowest BCUT2D eigenvalue weighted by Crippen LogP contribution is -2.15. The molecule has 0 saturated heterocycles. The Hall–Kier alpha value is -0.380. The topological polar surface area (TPSA) is 21.3 Å². The quantitative estimate of drug-likeness (QED) is 0.632. The summed E-state index contributed by atoms with van der Waals surface area (Å²) in [7, 11) is 1.68. The van der Waals surface area contributed by atoms with Gasteiger partial charge in [0.1, 0.15) is 0 Å². The van der Waals surface area contributed by atoms with E-state index in [4.69, 9.17) is 4.74 Å². The van der Waals surface area contributed by atoms with Gasteiger partial charge in [0.15, 0.2) is 0 Å². The minimum absolute atomic E-state index is 0.593. The van der Waals surface area contributed by atoms with E-state index in [9.17, 15) is 0 Å². The average molecular weight is 230 g/mol. The fourth-order valence-electron chi connectivity index (χ4n) is 0.900. The Kier molecular flexibility index (Phi) is 4.29. The molecule has 12 heavy (non-hydrogen) atoms. The van der Waals surface area contributed by atoms with E-state index in [0.29, 0.717) is 6.73 Å². The number of hydrogen-bond acceptors (Lipinski definition) is 2. The molecule has 0 heterocycles. The lowest BCUT2D eigenvalue weighted by molar-refractivity contribution is 0.174. The summed E-state index contributed by atoms with van der Waals surface area (Å²) in [4.78, 5) is 0. The first-order valence-electron chi connectivity index (χ1n) is 3.77. The molecule has 66 valence electrons. The Morgan fingerprint density at radius 3 is 2.58 bits per heavy atom. The van der Waals surface area contributed by atoms with Crippen LogP contribution in [-0.4, -0.2) is 13.8 Å². The number of methoxy groups -OCH3 is 1. The van der Waals surface area contributed by atoms with Gasteiger partial charge in [0.2, 0.25) is 0 Å². The molecule has 3 heteroatoms. The van der Waals surface area contributed by atoms with Crippen molar-refractivity contribution in [2.24, 2.45) is 0 Å². The lowest BCUT2D eigenvalue weighted by atomic mass is 10.2. The number of benzene rings is 1. The summed E-state index contributed by atoms with van der Waals surface area (Å²) < 4.78 is 5.98. The second kappa shape index (κ2) is 5.30. The molecular weight excluding hydrogens is 218 g/mol. The third-order valence-corrected chi connectivity index (χ3v) is 2.02. The van der Waals surface area contributed by atoms with Gasteiger partial charge in [-0.1, -0.05) is 28.1 Å². The van der Waals surface area contributed by atoms with Crippen LogP contribution in [0, 0.1) is 0 Å². The van der Waals surface area contributed by atoms with Gasteiger partial charge in [-0.3, -0.25) is 5.32 Å². The van der Waals surface area contributed by atoms with E-state index in [2.05, 4.69) is 33.4 Å². The van der Waals surface area contributed by atoms with Gasteiger partial charge in [-0.05, 0) is 17.7 Å². The van der Waals surface area contributed by atoms with Crippen LogP contribution in [0.5, 0.6) is 0 Å². The first kappa shape index (κ1) is 9.71. The minimum atomic E-state index is 0.593. The maximum absolute atomic E-state index is 4.87. The Labute approximate surface area is 81.1 Å². The van der Waals surface area contributed by atoms with Crippen LogP contribution in [0.3, 0.4) is 0 Å². The van der Waals surface area contributed by atoms with Crippen molar-refractivity contribution in [3.8, 4) is 0 Å². The first-order chi connectivity index (χ1) is 5.83. The molecule has 2 nitrogen and oxygen atoms in total. The van der Waals surface area contributed by atoms with Crippen molar-refractivity contribution in [2.45, 2.75) is 6.54 Å². The van der Waals surface area contributed by atoms with E-state index in [1.165, 1.54) is 5.56 Å². The van der Waals surface area contributed by atoms with Gasteiger partial charge >= 0.3 is 0 Å². The summed E-state index contributed by atoms with van der Waals surface area (Å²) in [5.41, 5.74) is 1.26. The second-order valence-electron chi connectivity index (χ2n) is 2.49. The molecule has 1 aromatic rings. The molecule has 0 saturated carbocycles. The van der Waals surface area contributed by atoms with Gasteiger partial charge < -0.3 is 4.74 Å². The summed E-state index contributed by atoms with van der Waals surface area (Å²) in [5, 5.41) is 3.13. The summed E-state index contributed by atoms with van der Waals surface area (Å²) in [6, 6.07) is 8.22. The molecule has 0 amide bonds. The molecular formula is C9H12BrNO. The highest BCUT2D eigenvalue weighted by molar-refractivity contribution is 9.10. The zero-order valence-corrected chi connectivity index (χ0v) is 8.60. The van der Waals surface area contributed by atoms with Crippen LogP contribution in [-0.2, 0) is 11.3 Å². The zero-order valence-electron chi connectivity index (χ0n) is 7.01. The van der Waals surface area contributed by atoms with Crippen molar-refractivity contribution in [2.75, 3.05) is 13.8 Å². The predicted molar refractivity (Wildman–Crippen MR) is 52.9 cm³/mol. The van der Waals surface area contributed by atoms with Crippen LogP contribution < -0.4 is 5.32 Å². The van der Waals surface area contributed by atoms with E-state index < -0.39 is 0 Å². The minimum Gasteiger partial charge on any atom is -0.370 e. The molecule has 0 radical (unpaired) electrons. The van der Waals surface area contributed by atoms with Crippen molar-refractivity contribution in [3.63, 3.8) is 0 Å². The number of nitrogens with one attached hydrogen (secondary N) is 1. The fourth-order valence-corrected chi connectivity index (χ4v) is 1.16. The average Bonchev–Trinajstić information content (AvgIpc) is 2.09. The van der Waals surface area contributed by atoms with Crippen LogP contribution in [0.25, 0.3) is 0 Å². The number of rotatable bonds is 4. The van der Waals surface area contributed by atoms with Gasteiger partial charge in [0, 0.05) is 18.1 Å². The fraction of sp³-hybridized carbons (Fsp3) is 0.333. The van der Waals surface area contributed by atoms with E-state index >= 15 is 0 Å². The summed E-state index contributed by atoms with van der Waals surface area (Å²) in [6.45, 7) is 1.44. The SMILES string of the molecule is COCNCc1ccc(Br)cc1. The second-order valence-corrected chi connectivity index (χ2v) is 3.40. The maximum Gasteiger partial charge on any atom is 0.0964 e. The highest BCUT2D eigenvalue weighted by Gasteiger charge is 1.90. The molecule has 0 unspecified atom stereocenters. The Morgan fingerprint density at radius 2 is 2.00 bits per heavy atom. The van der Waals surface area contributed by atoms with Gasteiger partial charge in [-0.2, -0.15) is 0 Å². The van der Waals surface area contributed by atoms with Crippen molar-refractivity contribution < 1.29 is 4.74 Å². The van der Waals surface area contributed by atoms with Crippen LogP contribution >= 0.6 is 15.9 Å². The Balaban J connectivity index is 2.37. The zero-order chi connectivity index (χ0) is 8.81. The van der Waals surface area contributed by atoms with Crippen LogP contribution in [0.2, 0.25) is 0 Å². The summed E-state index contributed by atoms with van der Waals surface area (Å²) >= 11 is 3.38. The first-order valence-corrected chi connectivity index (χ1v) is 4.56. The van der Waals surface area contributed by atoms with Crippen molar-refractivity contribution in [1.29, 1.82) is 0 Å². The molecule has 0 aliphatic carbocycles. The third-order valence-electron chi connectivity index (χ3n) is 1.49. The molecule has 0 spiro atoms. The van der Waals surface area contributed by atoms with Crippen molar-refractivity contribution in [1.82, 2.24) is 5.32 Å². The highest BCUT2D eigenvalue weighted by atomic mass is 79.9. The monoisotopic (exact) mass is 229 g/mol. The third kappa shape index (κ3) is 3.34. The van der Waals surface area contributed by atoms with E-state index in [1.807, 2.05) is 12.1 Å². The molecule has 0 atom stereocenters. The molecule has 1 aromatic carbocycles. The highest BCUT2D eigenvalue weighted by Crippen LogP contribution is 2.09. The van der Waals surface area contributed by atoms with E-state index in [-0.39, 0.29) is 0 Å². The van der Waals surface area contributed by atoms with Gasteiger partial charge in [-0.15, -0.1) is 0 Å². The molecule has 1 N–H and O–H groups in total. The van der Waals surface area contributed by atoms with Gasteiger partial charge in [0.25, 0.3) is 0 Å². The maximum atomic E-state index is 4.87. The number of hydrogen-bond donors (Lipinski definition) is 1. The Morgan fingerprint density at radius 1 is 1.33 bits per heavy atom. The molecule has 0 aliphatic rings. The normalized spacial score (nSPS) is 10.2. The standard InChI is InChI=1S/C9H12BrNO/c1-12-7-11-6-8-2-4-9(10)5-3-8/h2-5,11H,6-7H2,1H3. The van der Waals surface area contributed by atoms with E-state index in [0.717, 1.165) is 11.0 Å². The molecule has 0 fully saturated rings. The van der Waals surface area contributed by atoms with Crippen LogP contribution in [0.4, 0.5) is 0 Å². The molecule has 1 rings (SSSR count). The van der Waals surface area contributed by atoms with Crippen LogP contribution in [0.15, 0.2) is 28.7 Å². The number of halogens is 1. The van der Waals surface area contributed by atoms with Crippen LogP contribution in [0.1, 0.15) is 5.56 Å². The summed E-state index contributed by atoms with van der Waals surface area (Å²) in [5.74, 6) is 0. The lowest BCUT2D eigenvalue weighted by Gasteiger charge is -2.02. The predicted octanol–water partition coefficient (Wildman–Crippen LogP) is 2.14.